The van der Waals surface area contributed by atoms with Gasteiger partial charge in [0.05, 0.1) is 5.92 Å². The van der Waals surface area contributed by atoms with Crippen LogP contribution in [0.2, 0.25) is 0 Å². The van der Waals surface area contributed by atoms with Crippen LogP contribution < -0.4 is 11.1 Å². The summed E-state index contributed by atoms with van der Waals surface area (Å²) in [5.41, 5.74) is 5.88. The molecule has 6 heteroatoms. The molecule has 3 nitrogen and oxygen atoms in total. The summed E-state index contributed by atoms with van der Waals surface area (Å²) in [5.74, 6) is -0.411. The Hall–Kier alpha value is -0.940. The molecule has 122 valence electrons. The van der Waals surface area contributed by atoms with E-state index >= 15 is 0 Å². The molecule has 0 saturated heterocycles. The molecule has 2 aliphatic carbocycles. The van der Waals surface area contributed by atoms with Crippen molar-refractivity contribution in [1.82, 2.24) is 5.32 Å². The second kappa shape index (κ2) is 7.36. The Morgan fingerprint density at radius 1 is 1.00 bits per heavy atom. The normalized spacial score (nSPS) is 29.4. The molecule has 0 aromatic carbocycles. The van der Waals surface area contributed by atoms with Crippen LogP contribution >= 0.6 is 0 Å². The first-order valence-corrected chi connectivity index (χ1v) is 8.08. The summed E-state index contributed by atoms with van der Waals surface area (Å²) < 4.78 is 37.8. The van der Waals surface area contributed by atoms with Crippen molar-refractivity contribution in [2.75, 3.05) is 6.54 Å². The van der Waals surface area contributed by atoms with Crippen LogP contribution in [-0.2, 0) is 0 Å². The van der Waals surface area contributed by atoms with Gasteiger partial charge in [0.25, 0.3) is 0 Å². The van der Waals surface area contributed by atoms with Crippen molar-refractivity contribution in [2.24, 2.45) is 22.6 Å². The van der Waals surface area contributed by atoms with Crippen molar-refractivity contribution >= 4 is 5.96 Å². The smallest absolute Gasteiger partial charge is 0.370 e. The van der Waals surface area contributed by atoms with Crippen LogP contribution in [-0.4, -0.2) is 24.7 Å². The maximum absolute atomic E-state index is 12.6. The van der Waals surface area contributed by atoms with E-state index in [1.807, 2.05) is 0 Å². The Labute approximate surface area is 124 Å². The van der Waals surface area contributed by atoms with E-state index in [9.17, 15) is 13.2 Å². The van der Waals surface area contributed by atoms with Crippen LogP contribution in [0.3, 0.4) is 0 Å². The number of aliphatic imine (C=N–C) groups is 1. The molecule has 0 bridgehead atoms. The second-order valence-corrected chi connectivity index (χ2v) is 6.46. The molecule has 21 heavy (non-hydrogen) atoms. The SMILES string of the molecule is NC(=NCC1CCC(C(F)(F)F)CC1)NC1CCCCC1. The number of rotatable bonds is 3. The monoisotopic (exact) mass is 305 g/mol. The minimum absolute atomic E-state index is 0.236. The fourth-order valence-corrected chi connectivity index (χ4v) is 3.40. The van der Waals surface area contributed by atoms with Crippen LogP contribution in [0, 0.1) is 11.8 Å². The van der Waals surface area contributed by atoms with Crippen molar-refractivity contribution in [1.29, 1.82) is 0 Å². The minimum atomic E-state index is -4.03. The molecule has 0 radical (unpaired) electrons. The predicted molar refractivity (Wildman–Crippen MR) is 78.0 cm³/mol. The second-order valence-electron chi connectivity index (χ2n) is 6.46. The molecule has 0 unspecified atom stereocenters. The lowest BCUT2D eigenvalue weighted by molar-refractivity contribution is -0.183. The topological polar surface area (TPSA) is 50.4 Å². The third-order valence-electron chi connectivity index (χ3n) is 4.79. The maximum atomic E-state index is 12.6. The first-order valence-electron chi connectivity index (χ1n) is 8.08. The highest BCUT2D eigenvalue weighted by molar-refractivity contribution is 5.78. The highest BCUT2D eigenvalue weighted by Gasteiger charge is 2.41. The molecule has 2 fully saturated rings. The van der Waals surface area contributed by atoms with E-state index in [0.29, 0.717) is 31.4 Å². The van der Waals surface area contributed by atoms with Gasteiger partial charge in [-0.05, 0) is 44.4 Å². The van der Waals surface area contributed by atoms with Gasteiger partial charge in [-0.15, -0.1) is 0 Å². The molecule has 0 heterocycles. The Bertz CT molecular complexity index is 341. The Morgan fingerprint density at radius 3 is 2.19 bits per heavy atom. The number of guanidine groups is 1. The lowest BCUT2D eigenvalue weighted by Gasteiger charge is -2.29. The molecule has 0 aliphatic heterocycles. The third kappa shape index (κ3) is 5.40. The fraction of sp³-hybridized carbons (Fsp3) is 0.933. The van der Waals surface area contributed by atoms with Crippen molar-refractivity contribution in [3.8, 4) is 0 Å². The van der Waals surface area contributed by atoms with E-state index in [0.717, 1.165) is 12.8 Å². The van der Waals surface area contributed by atoms with Crippen molar-refractivity contribution < 1.29 is 13.2 Å². The van der Waals surface area contributed by atoms with E-state index in [1.165, 1.54) is 19.3 Å². The predicted octanol–water partition coefficient (Wildman–Crippen LogP) is 3.59. The van der Waals surface area contributed by atoms with Gasteiger partial charge in [0.15, 0.2) is 5.96 Å². The molecule has 2 saturated carbocycles. The summed E-state index contributed by atoms with van der Waals surface area (Å²) >= 11 is 0. The molecule has 0 amide bonds. The Balaban J connectivity index is 1.69. The number of halogens is 3. The molecule has 0 aromatic heterocycles. The van der Waals surface area contributed by atoms with Crippen LogP contribution in [0.5, 0.6) is 0 Å². The van der Waals surface area contributed by atoms with Gasteiger partial charge in [-0.1, -0.05) is 19.3 Å². The summed E-state index contributed by atoms with van der Waals surface area (Å²) in [7, 11) is 0. The van der Waals surface area contributed by atoms with Gasteiger partial charge in [0.2, 0.25) is 0 Å². The molecule has 0 spiro atoms. The average Bonchev–Trinajstić information content (AvgIpc) is 2.46. The van der Waals surface area contributed by atoms with E-state index in [4.69, 9.17) is 5.73 Å². The first kappa shape index (κ1) is 16.4. The number of alkyl halides is 3. The maximum Gasteiger partial charge on any atom is 0.391 e. The van der Waals surface area contributed by atoms with Crippen LogP contribution in [0.15, 0.2) is 4.99 Å². The van der Waals surface area contributed by atoms with Gasteiger partial charge in [-0.25, -0.2) is 0 Å². The van der Waals surface area contributed by atoms with Gasteiger partial charge in [0.1, 0.15) is 0 Å². The zero-order valence-corrected chi connectivity index (χ0v) is 12.5. The van der Waals surface area contributed by atoms with E-state index in [1.54, 1.807) is 0 Å². The summed E-state index contributed by atoms with van der Waals surface area (Å²) in [6.07, 6.45) is 3.65. The summed E-state index contributed by atoms with van der Waals surface area (Å²) in [6, 6.07) is 0.420. The zero-order valence-electron chi connectivity index (χ0n) is 12.5. The molecular formula is C15H26F3N3. The van der Waals surface area contributed by atoms with Crippen LogP contribution in [0.1, 0.15) is 57.8 Å². The van der Waals surface area contributed by atoms with Gasteiger partial charge in [0, 0.05) is 12.6 Å². The largest absolute Gasteiger partial charge is 0.391 e. The quantitative estimate of drug-likeness (QED) is 0.618. The van der Waals surface area contributed by atoms with Crippen molar-refractivity contribution in [3.63, 3.8) is 0 Å². The lowest BCUT2D eigenvalue weighted by atomic mass is 9.82. The molecular weight excluding hydrogens is 279 g/mol. The summed E-state index contributed by atoms with van der Waals surface area (Å²) in [4.78, 5) is 4.33. The number of hydrogen-bond acceptors (Lipinski definition) is 1. The molecule has 2 aliphatic rings. The fourth-order valence-electron chi connectivity index (χ4n) is 3.40. The minimum Gasteiger partial charge on any atom is -0.370 e. The number of nitrogens with two attached hydrogens (primary N) is 1. The lowest BCUT2D eigenvalue weighted by Crippen LogP contribution is -2.41. The van der Waals surface area contributed by atoms with Gasteiger partial charge in [-0.3, -0.25) is 4.99 Å². The Kier molecular flexibility index (Phi) is 5.76. The van der Waals surface area contributed by atoms with E-state index in [2.05, 4.69) is 10.3 Å². The average molecular weight is 305 g/mol. The highest BCUT2D eigenvalue weighted by Crippen LogP contribution is 2.39. The standard InChI is InChI=1S/C15H26F3N3/c16-15(17,18)12-8-6-11(7-9-12)10-20-14(19)21-13-4-2-1-3-5-13/h11-13H,1-10H2,(H3,19,20,21). The molecule has 0 atom stereocenters. The number of nitrogens with one attached hydrogen (secondary N) is 1. The summed E-state index contributed by atoms with van der Waals surface area (Å²) in [5, 5.41) is 3.24. The van der Waals surface area contributed by atoms with Gasteiger partial charge >= 0.3 is 6.18 Å². The van der Waals surface area contributed by atoms with E-state index < -0.39 is 12.1 Å². The molecule has 3 N–H and O–H groups in total. The van der Waals surface area contributed by atoms with Gasteiger partial charge < -0.3 is 11.1 Å². The van der Waals surface area contributed by atoms with Crippen LogP contribution in [0.25, 0.3) is 0 Å². The Morgan fingerprint density at radius 2 is 1.62 bits per heavy atom. The summed E-state index contributed by atoms with van der Waals surface area (Å²) in [6.45, 7) is 0.552. The highest BCUT2D eigenvalue weighted by atomic mass is 19.4. The number of hydrogen-bond donors (Lipinski definition) is 2. The van der Waals surface area contributed by atoms with Crippen molar-refractivity contribution in [3.05, 3.63) is 0 Å². The van der Waals surface area contributed by atoms with E-state index in [-0.39, 0.29) is 18.8 Å². The zero-order chi connectivity index (χ0) is 15.3. The molecule has 2 rings (SSSR count). The van der Waals surface area contributed by atoms with Crippen molar-refractivity contribution in [2.45, 2.75) is 70.0 Å². The number of nitrogens with zero attached hydrogens (tertiary/aromatic N) is 1. The van der Waals surface area contributed by atoms with Crippen LogP contribution in [0.4, 0.5) is 13.2 Å². The molecule has 0 aromatic rings. The van der Waals surface area contributed by atoms with Gasteiger partial charge in [-0.2, -0.15) is 13.2 Å². The third-order valence-corrected chi connectivity index (χ3v) is 4.79. The first-order chi connectivity index (χ1) is 9.95.